The summed E-state index contributed by atoms with van der Waals surface area (Å²) in [6.07, 6.45) is 0. The fourth-order valence-electron chi connectivity index (χ4n) is 0. The molecule has 11 heavy (non-hydrogen) atoms. The van der Waals surface area contributed by atoms with Crippen molar-refractivity contribution in [3.8, 4) is 0 Å². The van der Waals surface area contributed by atoms with Crippen LogP contribution in [0.15, 0.2) is 0 Å². The van der Waals surface area contributed by atoms with Crippen molar-refractivity contribution in [1.82, 2.24) is 0 Å². The average molecular weight is 567 g/mol. The summed E-state index contributed by atoms with van der Waals surface area (Å²) >= 11 is -12.0. The van der Waals surface area contributed by atoms with Crippen LogP contribution < -0.4 is 13.9 Å². The zero-order chi connectivity index (χ0) is 9.00. The van der Waals surface area contributed by atoms with Crippen molar-refractivity contribution in [2.45, 2.75) is 0 Å². The smallest absolute Gasteiger partial charge is 0 e. The van der Waals surface area contributed by atoms with E-state index in [1.54, 1.807) is 0 Å². The number of hydrogen-bond acceptors (Lipinski definition) is 8. The Kier molecular flexibility index (Phi) is 11.2. The number of hydrogen-bond donors (Lipinski definition) is 0. The minimum Gasteiger partial charge on any atom is 0 e. The van der Waals surface area contributed by atoms with Gasteiger partial charge in [-0.05, 0) is 0 Å². The molecule has 0 amide bonds. The molecule has 70 valence electrons. The van der Waals surface area contributed by atoms with Gasteiger partial charge < -0.3 is 0 Å². The van der Waals surface area contributed by atoms with Gasteiger partial charge in [0.2, 0.25) is 0 Å². The molecule has 0 rings (SSSR count). The predicted octanol–water partition coefficient (Wildman–Crippen LogP) is -6.00. The van der Waals surface area contributed by atoms with E-state index in [1.807, 2.05) is 0 Å². The van der Waals surface area contributed by atoms with Crippen LogP contribution in [0.5, 0.6) is 0 Å². The molecule has 0 N–H and O–H groups in total. The average Bonchev–Trinajstić information content (AvgIpc) is 1.12. The first-order valence-corrected chi connectivity index (χ1v) is 8.94. The van der Waals surface area contributed by atoms with E-state index >= 15 is 0 Å². The molecular weight excluding hydrogens is 567 g/mol. The van der Waals surface area contributed by atoms with E-state index in [0.717, 1.165) is 0 Å². The molecule has 0 bridgehead atoms. The first kappa shape index (κ1) is 18.2. The Morgan fingerprint density at radius 1 is 0.636 bits per heavy atom. The van der Waals surface area contributed by atoms with Gasteiger partial charge in [-0.2, -0.15) is 0 Å². The third-order valence-electron chi connectivity index (χ3n) is 0. The molecule has 0 atom stereocenters. The molecule has 0 aliphatic carbocycles. The van der Waals surface area contributed by atoms with Gasteiger partial charge in [0.25, 0.3) is 0 Å². The van der Waals surface area contributed by atoms with Crippen LogP contribution in [0.25, 0.3) is 0 Å². The Balaban J connectivity index is -0.000000107. The van der Waals surface area contributed by atoms with Gasteiger partial charge in [-0.25, -0.2) is 0 Å². The molecule has 0 saturated heterocycles. The molecule has 8 nitrogen and oxygen atoms in total. The Labute approximate surface area is 84.4 Å². The minimum atomic E-state index is -6.02. The van der Waals surface area contributed by atoms with Crippen LogP contribution in [0, 0.1) is 0 Å². The molecule has 0 radical (unpaired) electrons. The minimum absolute atomic E-state index is 0. The summed E-state index contributed by atoms with van der Waals surface area (Å²) in [5.41, 5.74) is 0. The van der Waals surface area contributed by atoms with Crippen molar-refractivity contribution < 1.29 is 47.4 Å². The largest absolute Gasteiger partial charge is 0 e. The van der Waals surface area contributed by atoms with E-state index in [2.05, 4.69) is 0 Å². The van der Waals surface area contributed by atoms with Crippen LogP contribution >= 0.6 is 0 Å². The van der Waals surface area contributed by atoms with Crippen LogP contribution in [-0.4, -0.2) is 37.9 Å². The first-order valence-electron chi connectivity index (χ1n) is 1.33. The Morgan fingerprint density at radius 3 is 0.636 bits per heavy atom. The van der Waals surface area contributed by atoms with Gasteiger partial charge in [-0.3, -0.25) is 0 Å². The normalized spacial score (nSPS) is 10.5. The maximum absolute atomic E-state index is 8.63. The van der Waals surface area contributed by atoms with Crippen molar-refractivity contribution in [3.63, 3.8) is 0 Å². The SMILES string of the molecule is O=[Te](=O)([O-])[O-].O=[Te](=O)([O-])[O-].[W]. The molecule has 0 unspecified atom stereocenters. The van der Waals surface area contributed by atoms with Gasteiger partial charge in [-0.1, -0.05) is 0 Å². The molecule has 0 aromatic carbocycles. The standard InChI is InChI=1S/2H2O4Te.W/c2*1-5(2,3)4;/h2*(H2,1,2,3,4);/p-4. The van der Waals surface area contributed by atoms with Gasteiger partial charge >= 0.3 is 64.2 Å². The molecule has 0 aromatic heterocycles. The van der Waals surface area contributed by atoms with E-state index in [9.17, 15) is 0 Å². The van der Waals surface area contributed by atoms with Crippen molar-refractivity contribution in [1.29, 1.82) is 0 Å². The van der Waals surface area contributed by atoms with E-state index in [0.29, 0.717) is 0 Å². The molecule has 0 fully saturated rings. The molecule has 0 aliphatic heterocycles. The van der Waals surface area contributed by atoms with Crippen molar-refractivity contribution >= 4 is 37.9 Å². The third kappa shape index (κ3) is 573. The monoisotopic (exact) mass is 572 g/mol. The van der Waals surface area contributed by atoms with Crippen LogP contribution in [0.3, 0.4) is 0 Å². The second-order valence-electron chi connectivity index (χ2n) is 0.816. The third-order valence-corrected chi connectivity index (χ3v) is 0. The fraction of sp³-hybridized carbons (Fsp3) is 0. The zero-order valence-corrected chi connectivity index (χ0v) is 12.1. The topological polar surface area (TPSA) is 161 Å². The molecule has 11 heteroatoms. The summed E-state index contributed by atoms with van der Waals surface area (Å²) in [7, 11) is 0. The van der Waals surface area contributed by atoms with Gasteiger partial charge in [0.05, 0.1) is 0 Å². The van der Waals surface area contributed by atoms with Crippen LogP contribution in [0.2, 0.25) is 0 Å². The van der Waals surface area contributed by atoms with E-state index < -0.39 is 37.9 Å². The zero-order valence-electron chi connectivity index (χ0n) is 4.49. The maximum atomic E-state index is 8.63. The van der Waals surface area contributed by atoms with Crippen molar-refractivity contribution in [2.24, 2.45) is 0 Å². The van der Waals surface area contributed by atoms with Gasteiger partial charge in [0.15, 0.2) is 0 Å². The Hall–Kier alpha value is 1.31. The first-order chi connectivity index (χ1) is 4.00. The summed E-state index contributed by atoms with van der Waals surface area (Å²) in [6.45, 7) is 0. The summed E-state index contributed by atoms with van der Waals surface area (Å²) in [6, 6.07) is 0. The Bertz CT molecular complexity index is 208. The predicted molar refractivity (Wildman–Crippen MR) is 14.3 cm³/mol. The van der Waals surface area contributed by atoms with Crippen molar-refractivity contribution in [3.05, 3.63) is 0 Å². The second kappa shape index (κ2) is 6.78. The molecule has 0 saturated carbocycles. The fourth-order valence-corrected chi connectivity index (χ4v) is 0. The van der Waals surface area contributed by atoms with Crippen LogP contribution in [0.4, 0.5) is 0 Å². The summed E-state index contributed by atoms with van der Waals surface area (Å²) in [4.78, 5) is 0. The molecular formula is O8Te2W-4. The van der Waals surface area contributed by atoms with Crippen LogP contribution in [0.1, 0.15) is 0 Å². The molecule has 0 spiro atoms. The van der Waals surface area contributed by atoms with Crippen LogP contribution in [-0.2, 0) is 33.5 Å². The summed E-state index contributed by atoms with van der Waals surface area (Å²) < 4.78 is 69.0. The van der Waals surface area contributed by atoms with Gasteiger partial charge in [0, 0.05) is 21.1 Å². The number of rotatable bonds is 0. The summed E-state index contributed by atoms with van der Waals surface area (Å²) in [5.74, 6) is 0. The Morgan fingerprint density at radius 2 is 0.636 bits per heavy atom. The molecule has 0 heterocycles. The molecule has 0 aromatic rings. The van der Waals surface area contributed by atoms with E-state index in [4.69, 9.17) is 26.3 Å². The molecule has 0 aliphatic rings. The second-order valence-corrected chi connectivity index (χ2v) is 5.48. The van der Waals surface area contributed by atoms with Crippen molar-refractivity contribution in [2.75, 3.05) is 0 Å². The maximum Gasteiger partial charge on any atom is 0 e. The summed E-state index contributed by atoms with van der Waals surface area (Å²) in [5, 5.41) is 0. The van der Waals surface area contributed by atoms with Gasteiger partial charge in [0.1, 0.15) is 0 Å². The quantitative estimate of drug-likeness (QED) is 0.262. The van der Waals surface area contributed by atoms with E-state index in [-0.39, 0.29) is 21.1 Å². The van der Waals surface area contributed by atoms with E-state index in [1.165, 1.54) is 0 Å². The van der Waals surface area contributed by atoms with Gasteiger partial charge in [-0.15, -0.1) is 0 Å².